The second kappa shape index (κ2) is 5.92. The highest BCUT2D eigenvalue weighted by molar-refractivity contribution is 7.19. The smallest absolute Gasteiger partial charge is 0.127 e. The largest absolute Gasteiger partial charge is 0.308 e. The summed E-state index contributed by atoms with van der Waals surface area (Å²) in [5.74, 6) is -0.178. The number of hydrogen-bond donors (Lipinski definition) is 1. The molecule has 0 saturated carbocycles. The highest BCUT2D eigenvalue weighted by Crippen LogP contribution is 2.34. The van der Waals surface area contributed by atoms with Crippen molar-refractivity contribution < 1.29 is 4.39 Å². The van der Waals surface area contributed by atoms with E-state index in [9.17, 15) is 4.39 Å². The number of benzene rings is 2. The van der Waals surface area contributed by atoms with Gasteiger partial charge in [-0.3, -0.25) is 0 Å². The van der Waals surface area contributed by atoms with Crippen LogP contribution in [0.25, 0.3) is 10.1 Å². The van der Waals surface area contributed by atoms with E-state index in [1.54, 1.807) is 23.5 Å². The first-order valence-corrected chi connectivity index (χ1v) is 7.55. The highest BCUT2D eigenvalue weighted by atomic mass is 35.5. The van der Waals surface area contributed by atoms with E-state index in [-0.39, 0.29) is 5.82 Å². The van der Waals surface area contributed by atoms with Gasteiger partial charge >= 0.3 is 0 Å². The Balaban J connectivity index is 1.71. The van der Waals surface area contributed by atoms with Crippen molar-refractivity contribution in [1.82, 2.24) is 5.32 Å². The van der Waals surface area contributed by atoms with Crippen LogP contribution in [0.2, 0.25) is 5.02 Å². The monoisotopic (exact) mass is 305 g/mol. The molecule has 0 fully saturated rings. The third-order valence-electron chi connectivity index (χ3n) is 3.16. The van der Waals surface area contributed by atoms with E-state index in [0.29, 0.717) is 18.7 Å². The molecule has 0 unspecified atom stereocenters. The summed E-state index contributed by atoms with van der Waals surface area (Å²) < 4.78 is 14.7. The van der Waals surface area contributed by atoms with Gasteiger partial charge in [-0.05, 0) is 12.1 Å². The number of rotatable bonds is 4. The molecule has 3 aromatic rings. The molecule has 0 atom stereocenters. The Morgan fingerprint density at radius 2 is 1.75 bits per heavy atom. The molecule has 0 aliphatic carbocycles. The fraction of sp³-hybridized carbons (Fsp3) is 0.125. The Morgan fingerprint density at radius 3 is 2.55 bits per heavy atom. The lowest BCUT2D eigenvalue weighted by Gasteiger charge is -2.05. The van der Waals surface area contributed by atoms with Gasteiger partial charge in [-0.1, -0.05) is 48.0 Å². The molecule has 102 valence electrons. The minimum absolute atomic E-state index is 0.178. The minimum Gasteiger partial charge on any atom is -0.308 e. The van der Waals surface area contributed by atoms with E-state index >= 15 is 0 Å². The molecule has 3 rings (SSSR count). The van der Waals surface area contributed by atoms with Gasteiger partial charge in [-0.25, -0.2) is 4.39 Å². The average molecular weight is 306 g/mol. The third-order valence-corrected chi connectivity index (χ3v) is 4.87. The minimum atomic E-state index is -0.178. The molecule has 0 aliphatic heterocycles. The Morgan fingerprint density at radius 1 is 1.00 bits per heavy atom. The zero-order valence-corrected chi connectivity index (χ0v) is 12.3. The van der Waals surface area contributed by atoms with Crippen molar-refractivity contribution in [2.24, 2.45) is 0 Å². The van der Waals surface area contributed by atoms with Crippen molar-refractivity contribution >= 4 is 33.0 Å². The summed E-state index contributed by atoms with van der Waals surface area (Å²) in [7, 11) is 0. The van der Waals surface area contributed by atoms with Crippen LogP contribution < -0.4 is 5.32 Å². The summed E-state index contributed by atoms with van der Waals surface area (Å²) in [5, 5.41) is 5.13. The zero-order chi connectivity index (χ0) is 13.9. The Labute approximate surface area is 126 Å². The quantitative estimate of drug-likeness (QED) is 0.716. The normalized spacial score (nSPS) is 11.1. The standard InChI is InChI=1S/C16H13ClFNS/c17-16-12-6-2-4-8-14(12)20-15(16)10-19-9-11-5-1-3-7-13(11)18/h1-8,19H,9-10H2. The maximum atomic E-state index is 13.5. The van der Waals surface area contributed by atoms with Gasteiger partial charge < -0.3 is 5.32 Å². The molecule has 0 saturated heterocycles. The maximum Gasteiger partial charge on any atom is 0.127 e. The van der Waals surface area contributed by atoms with E-state index in [2.05, 4.69) is 11.4 Å². The van der Waals surface area contributed by atoms with Gasteiger partial charge in [0, 0.05) is 33.6 Å². The van der Waals surface area contributed by atoms with Crippen molar-refractivity contribution in [3.63, 3.8) is 0 Å². The van der Waals surface area contributed by atoms with E-state index in [4.69, 9.17) is 11.6 Å². The molecule has 1 nitrogen and oxygen atoms in total. The zero-order valence-electron chi connectivity index (χ0n) is 10.7. The van der Waals surface area contributed by atoms with Crippen molar-refractivity contribution in [2.75, 3.05) is 0 Å². The number of fused-ring (bicyclic) bond motifs is 1. The van der Waals surface area contributed by atoms with Crippen LogP contribution in [-0.4, -0.2) is 0 Å². The lowest BCUT2D eigenvalue weighted by atomic mass is 10.2. The third kappa shape index (κ3) is 2.70. The van der Waals surface area contributed by atoms with Crippen molar-refractivity contribution in [1.29, 1.82) is 0 Å². The molecule has 4 heteroatoms. The molecular weight excluding hydrogens is 293 g/mol. The van der Waals surface area contributed by atoms with Crippen molar-refractivity contribution in [3.8, 4) is 0 Å². The van der Waals surface area contributed by atoms with Gasteiger partial charge in [0.05, 0.1) is 5.02 Å². The molecule has 2 aromatic carbocycles. The number of nitrogens with one attached hydrogen (secondary N) is 1. The molecule has 0 spiro atoms. The average Bonchev–Trinajstić information content (AvgIpc) is 2.78. The lowest BCUT2D eigenvalue weighted by molar-refractivity contribution is 0.589. The van der Waals surface area contributed by atoms with Crippen LogP contribution in [0.3, 0.4) is 0 Å². The maximum absolute atomic E-state index is 13.5. The summed E-state index contributed by atoms with van der Waals surface area (Å²) in [6.45, 7) is 1.14. The van der Waals surface area contributed by atoms with E-state index < -0.39 is 0 Å². The molecule has 0 bridgehead atoms. The van der Waals surface area contributed by atoms with E-state index in [1.807, 2.05) is 24.3 Å². The second-order valence-corrected chi connectivity index (χ2v) is 6.05. The summed E-state index contributed by atoms with van der Waals surface area (Å²) in [6, 6.07) is 14.9. The predicted octanol–water partition coefficient (Wildman–Crippen LogP) is 4.98. The van der Waals surface area contributed by atoms with Gasteiger partial charge in [-0.15, -0.1) is 11.3 Å². The van der Waals surface area contributed by atoms with Gasteiger partial charge in [0.25, 0.3) is 0 Å². The van der Waals surface area contributed by atoms with Crippen LogP contribution in [0.4, 0.5) is 4.39 Å². The van der Waals surface area contributed by atoms with Gasteiger partial charge in [0.1, 0.15) is 5.82 Å². The first kappa shape index (κ1) is 13.6. The number of thiophene rings is 1. The molecule has 20 heavy (non-hydrogen) atoms. The first-order chi connectivity index (χ1) is 9.75. The Kier molecular flexibility index (Phi) is 4.01. The number of halogens is 2. The van der Waals surface area contributed by atoms with Crippen LogP contribution in [0.15, 0.2) is 48.5 Å². The SMILES string of the molecule is Fc1ccccc1CNCc1sc2ccccc2c1Cl. The fourth-order valence-corrected chi connectivity index (χ4v) is 3.60. The summed E-state index contributed by atoms with van der Waals surface area (Å²) in [5.41, 5.74) is 0.671. The van der Waals surface area contributed by atoms with Gasteiger partial charge in [0.15, 0.2) is 0 Å². The lowest BCUT2D eigenvalue weighted by Crippen LogP contribution is -2.13. The first-order valence-electron chi connectivity index (χ1n) is 6.36. The Bertz CT molecular complexity index is 738. The molecular formula is C16H13ClFNS. The van der Waals surface area contributed by atoms with Crippen LogP contribution in [0.5, 0.6) is 0 Å². The topological polar surface area (TPSA) is 12.0 Å². The van der Waals surface area contributed by atoms with Crippen LogP contribution in [-0.2, 0) is 13.1 Å². The van der Waals surface area contributed by atoms with Crippen LogP contribution in [0, 0.1) is 5.82 Å². The molecule has 1 heterocycles. The summed E-state index contributed by atoms with van der Waals surface area (Å²) in [4.78, 5) is 1.09. The molecule has 0 aliphatic rings. The van der Waals surface area contributed by atoms with Crippen molar-refractivity contribution in [3.05, 3.63) is 69.8 Å². The highest BCUT2D eigenvalue weighted by Gasteiger charge is 2.09. The van der Waals surface area contributed by atoms with Crippen molar-refractivity contribution in [2.45, 2.75) is 13.1 Å². The van der Waals surface area contributed by atoms with Crippen LogP contribution >= 0.6 is 22.9 Å². The predicted molar refractivity (Wildman–Crippen MR) is 83.8 cm³/mol. The van der Waals surface area contributed by atoms with Crippen LogP contribution in [0.1, 0.15) is 10.4 Å². The van der Waals surface area contributed by atoms with E-state index in [0.717, 1.165) is 15.3 Å². The van der Waals surface area contributed by atoms with E-state index in [1.165, 1.54) is 10.8 Å². The van der Waals surface area contributed by atoms with Gasteiger partial charge in [-0.2, -0.15) is 0 Å². The summed E-state index contributed by atoms with van der Waals surface area (Å²) in [6.07, 6.45) is 0. The molecule has 1 N–H and O–H groups in total. The molecule has 1 aromatic heterocycles. The summed E-state index contributed by atoms with van der Waals surface area (Å²) >= 11 is 8.04. The second-order valence-electron chi connectivity index (χ2n) is 4.53. The van der Waals surface area contributed by atoms with Gasteiger partial charge in [0.2, 0.25) is 0 Å². The molecule has 0 amide bonds. The number of hydrogen-bond acceptors (Lipinski definition) is 2. The Hall–Kier alpha value is -1.42. The molecule has 0 radical (unpaired) electrons. The fourth-order valence-electron chi connectivity index (χ4n) is 2.13.